The van der Waals surface area contributed by atoms with Crippen LogP contribution in [0.5, 0.6) is 0 Å². The Morgan fingerprint density at radius 2 is 1.79 bits per heavy atom. The van der Waals surface area contributed by atoms with Gasteiger partial charge in [-0.2, -0.15) is 0 Å². The number of hydrogen-bond acceptors (Lipinski definition) is 3. The van der Waals surface area contributed by atoms with Crippen LogP contribution in [0.4, 0.5) is 0 Å². The average Bonchev–Trinajstić information content (AvgIpc) is 2.70. The zero-order valence-corrected chi connectivity index (χ0v) is 16.5. The molecule has 1 atom stereocenters. The topological polar surface area (TPSA) is 78.5 Å². The molecule has 2 fully saturated rings. The van der Waals surface area contributed by atoms with Gasteiger partial charge in [-0.05, 0) is 31.2 Å². The third-order valence-electron chi connectivity index (χ3n) is 5.80. The van der Waals surface area contributed by atoms with Crippen LogP contribution in [-0.2, 0) is 14.4 Å². The Balaban J connectivity index is 1.74. The van der Waals surface area contributed by atoms with E-state index in [1.54, 1.807) is 4.90 Å². The minimum atomic E-state index is -0.313. The molecule has 1 heterocycles. The number of carbonyl (C=O) groups excluding carboxylic acids is 3. The number of carbonyl (C=O) groups is 3. The molecule has 1 aromatic rings. The van der Waals surface area contributed by atoms with Gasteiger partial charge in [0.15, 0.2) is 0 Å². The quantitative estimate of drug-likeness (QED) is 0.836. The van der Waals surface area contributed by atoms with Gasteiger partial charge in [-0.3, -0.25) is 14.4 Å². The van der Waals surface area contributed by atoms with Crippen molar-refractivity contribution in [2.24, 2.45) is 5.92 Å². The zero-order valence-electron chi connectivity index (χ0n) is 16.5. The second-order valence-electron chi connectivity index (χ2n) is 7.83. The summed E-state index contributed by atoms with van der Waals surface area (Å²) in [6.07, 6.45) is 7.09. The van der Waals surface area contributed by atoms with Crippen molar-refractivity contribution in [3.8, 4) is 0 Å². The Morgan fingerprint density at radius 3 is 2.50 bits per heavy atom. The summed E-state index contributed by atoms with van der Waals surface area (Å²) in [5, 5.41) is 5.78. The minimum Gasteiger partial charge on any atom is -0.356 e. The molecule has 1 saturated carbocycles. The third kappa shape index (κ3) is 5.57. The van der Waals surface area contributed by atoms with E-state index in [-0.39, 0.29) is 42.6 Å². The molecular weight excluding hydrogens is 354 g/mol. The fraction of sp³-hybridized carbons (Fsp3) is 0.591. The first-order valence-electron chi connectivity index (χ1n) is 10.5. The van der Waals surface area contributed by atoms with Crippen molar-refractivity contribution in [3.05, 3.63) is 35.9 Å². The Morgan fingerprint density at radius 1 is 1.04 bits per heavy atom. The van der Waals surface area contributed by atoms with Gasteiger partial charge in [0.05, 0.1) is 19.0 Å². The standard InChI is InChI=1S/C22H31N3O3/c26-20-15-19(17-9-4-3-5-10-17)25(14-7-2-1-6-13-23-20)21(27)16-24-22(28)18-11-8-12-18/h3-5,9-10,18-19H,1-2,6-8,11-16H2,(H,23,26)(H,24,28). The molecule has 1 saturated heterocycles. The maximum Gasteiger partial charge on any atom is 0.242 e. The maximum absolute atomic E-state index is 13.1. The van der Waals surface area contributed by atoms with E-state index < -0.39 is 0 Å². The predicted octanol–water partition coefficient (Wildman–Crippen LogP) is 2.55. The molecule has 1 aliphatic carbocycles. The lowest BCUT2D eigenvalue weighted by atomic mass is 9.85. The highest BCUT2D eigenvalue weighted by molar-refractivity contribution is 5.87. The van der Waals surface area contributed by atoms with Crippen LogP contribution < -0.4 is 10.6 Å². The van der Waals surface area contributed by atoms with Crippen LogP contribution in [0.25, 0.3) is 0 Å². The number of benzene rings is 1. The molecule has 1 unspecified atom stereocenters. The molecule has 0 aromatic heterocycles. The van der Waals surface area contributed by atoms with Crippen LogP contribution in [0.1, 0.15) is 63.0 Å². The summed E-state index contributed by atoms with van der Waals surface area (Å²) in [6, 6.07) is 9.40. The van der Waals surface area contributed by atoms with Gasteiger partial charge in [-0.15, -0.1) is 0 Å². The molecule has 6 heteroatoms. The van der Waals surface area contributed by atoms with Gasteiger partial charge in [0.25, 0.3) is 0 Å². The summed E-state index contributed by atoms with van der Waals surface area (Å²) in [7, 11) is 0. The second kappa shape index (κ2) is 10.2. The van der Waals surface area contributed by atoms with Crippen molar-refractivity contribution in [1.29, 1.82) is 0 Å². The van der Waals surface area contributed by atoms with E-state index in [9.17, 15) is 14.4 Å². The highest BCUT2D eigenvalue weighted by Crippen LogP contribution is 2.27. The molecule has 1 aromatic carbocycles. The summed E-state index contributed by atoms with van der Waals surface area (Å²) in [5.41, 5.74) is 0.954. The molecule has 0 radical (unpaired) electrons. The molecule has 0 bridgehead atoms. The van der Waals surface area contributed by atoms with E-state index in [0.717, 1.165) is 50.5 Å². The summed E-state index contributed by atoms with van der Waals surface area (Å²) in [4.78, 5) is 39.4. The van der Waals surface area contributed by atoms with Crippen LogP contribution >= 0.6 is 0 Å². The molecule has 6 nitrogen and oxygen atoms in total. The first-order valence-corrected chi connectivity index (χ1v) is 10.5. The van der Waals surface area contributed by atoms with Crippen molar-refractivity contribution in [3.63, 3.8) is 0 Å². The molecule has 1 aliphatic heterocycles. The monoisotopic (exact) mass is 385 g/mol. The van der Waals surface area contributed by atoms with Crippen LogP contribution in [0.15, 0.2) is 30.3 Å². The number of nitrogens with one attached hydrogen (secondary N) is 2. The Hall–Kier alpha value is -2.37. The van der Waals surface area contributed by atoms with E-state index in [0.29, 0.717) is 13.1 Å². The van der Waals surface area contributed by atoms with Crippen molar-refractivity contribution in [1.82, 2.24) is 15.5 Å². The van der Waals surface area contributed by atoms with Gasteiger partial charge in [0.2, 0.25) is 17.7 Å². The van der Waals surface area contributed by atoms with Crippen molar-refractivity contribution < 1.29 is 14.4 Å². The smallest absolute Gasteiger partial charge is 0.242 e. The number of nitrogens with zero attached hydrogens (tertiary/aromatic N) is 1. The molecule has 2 N–H and O–H groups in total. The summed E-state index contributed by atoms with van der Waals surface area (Å²) >= 11 is 0. The lowest BCUT2D eigenvalue weighted by Crippen LogP contribution is -2.45. The predicted molar refractivity (Wildman–Crippen MR) is 107 cm³/mol. The van der Waals surface area contributed by atoms with E-state index in [1.165, 1.54) is 0 Å². The Kier molecular flexibility index (Phi) is 7.46. The van der Waals surface area contributed by atoms with Crippen molar-refractivity contribution in [2.45, 2.75) is 57.4 Å². The first-order chi connectivity index (χ1) is 13.6. The largest absolute Gasteiger partial charge is 0.356 e. The van der Waals surface area contributed by atoms with Crippen molar-refractivity contribution in [2.75, 3.05) is 19.6 Å². The average molecular weight is 386 g/mol. The molecule has 152 valence electrons. The van der Waals surface area contributed by atoms with Crippen LogP contribution in [0.2, 0.25) is 0 Å². The molecule has 2 aliphatic rings. The van der Waals surface area contributed by atoms with Crippen molar-refractivity contribution >= 4 is 17.7 Å². The molecule has 0 spiro atoms. The minimum absolute atomic E-state index is 0.000284. The second-order valence-corrected chi connectivity index (χ2v) is 7.83. The lowest BCUT2D eigenvalue weighted by Gasteiger charge is -2.32. The number of amides is 3. The van der Waals surface area contributed by atoms with Gasteiger partial charge >= 0.3 is 0 Å². The summed E-state index contributed by atoms with van der Waals surface area (Å²) < 4.78 is 0. The molecule has 3 amide bonds. The Labute approximate surface area is 167 Å². The Bertz CT molecular complexity index is 673. The van der Waals surface area contributed by atoms with Crippen LogP contribution in [-0.4, -0.2) is 42.3 Å². The third-order valence-corrected chi connectivity index (χ3v) is 5.80. The van der Waals surface area contributed by atoms with Gasteiger partial charge < -0.3 is 15.5 Å². The van der Waals surface area contributed by atoms with Crippen LogP contribution in [0, 0.1) is 5.92 Å². The zero-order chi connectivity index (χ0) is 19.8. The first kappa shape index (κ1) is 20.4. The highest BCUT2D eigenvalue weighted by Gasteiger charge is 2.29. The number of rotatable bonds is 4. The lowest BCUT2D eigenvalue weighted by molar-refractivity contribution is -0.137. The van der Waals surface area contributed by atoms with E-state index in [1.807, 2.05) is 30.3 Å². The van der Waals surface area contributed by atoms with Crippen LogP contribution in [0.3, 0.4) is 0 Å². The molecular formula is C22H31N3O3. The van der Waals surface area contributed by atoms with E-state index >= 15 is 0 Å². The van der Waals surface area contributed by atoms with Gasteiger partial charge in [-0.25, -0.2) is 0 Å². The maximum atomic E-state index is 13.1. The molecule has 3 rings (SSSR count). The van der Waals surface area contributed by atoms with E-state index in [2.05, 4.69) is 10.6 Å². The van der Waals surface area contributed by atoms with Gasteiger partial charge in [-0.1, -0.05) is 49.6 Å². The highest BCUT2D eigenvalue weighted by atomic mass is 16.2. The fourth-order valence-corrected chi connectivity index (χ4v) is 3.85. The summed E-state index contributed by atoms with van der Waals surface area (Å²) in [6.45, 7) is 1.29. The SMILES string of the molecule is O=C1CC(c2ccccc2)N(C(=O)CNC(=O)C2CCC2)CCCCCCN1. The van der Waals surface area contributed by atoms with Gasteiger partial charge in [0, 0.05) is 19.0 Å². The normalized spacial score (nSPS) is 21.8. The fourth-order valence-electron chi connectivity index (χ4n) is 3.85. The molecule has 28 heavy (non-hydrogen) atoms. The van der Waals surface area contributed by atoms with E-state index in [4.69, 9.17) is 0 Å². The number of hydrogen-bond donors (Lipinski definition) is 2. The van der Waals surface area contributed by atoms with Gasteiger partial charge in [0.1, 0.15) is 0 Å². The summed E-state index contributed by atoms with van der Waals surface area (Å²) in [5.74, 6) is -0.113.